The Labute approximate surface area is 139 Å². The second-order valence-corrected chi connectivity index (χ2v) is 7.76. The number of nitrogens with zero attached hydrogens (tertiary/aromatic N) is 1. The number of hydrogen-bond donors (Lipinski definition) is 1. The van der Waals surface area contributed by atoms with Gasteiger partial charge in [0.15, 0.2) is 0 Å². The number of rotatable bonds is 3. The van der Waals surface area contributed by atoms with Gasteiger partial charge in [-0.3, -0.25) is 0 Å². The first kappa shape index (κ1) is 14.3. The Kier molecular flexibility index (Phi) is 3.95. The van der Waals surface area contributed by atoms with Crippen molar-refractivity contribution in [3.05, 3.63) is 57.4 Å². The molecule has 114 valence electrons. The number of para-hydroxylation sites is 1. The van der Waals surface area contributed by atoms with Gasteiger partial charge < -0.3 is 9.88 Å². The molecule has 1 aromatic carbocycles. The lowest BCUT2D eigenvalue weighted by atomic mass is 9.90. The van der Waals surface area contributed by atoms with E-state index in [9.17, 15) is 0 Å². The van der Waals surface area contributed by atoms with Gasteiger partial charge in [-0.1, -0.05) is 29.8 Å². The van der Waals surface area contributed by atoms with E-state index in [-0.39, 0.29) is 0 Å². The van der Waals surface area contributed by atoms with Gasteiger partial charge in [0.05, 0.1) is 10.9 Å². The molecule has 0 aliphatic carbocycles. The molecule has 0 atom stereocenters. The molecule has 1 saturated heterocycles. The van der Waals surface area contributed by atoms with Crippen LogP contribution in [0.4, 0.5) is 0 Å². The lowest BCUT2D eigenvalue weighted by molar-refractivity contribution is 0.461. The molecule has 0 amide bonds. The normalized spacial score (nSPS) is 16.4. The number of piperidine rings is 1. The fraction of sp³-hybridized carbons (Fsp3) is 0.333. The van der Waals surface area contributed by atoms with Crippen molar-refractivity contribution in [3.63, 3.8) is 0 Å². The SMILES string of the molecule is Clc1ccc(Cn2cc(C3CCNCC3)c3ccccc32)s1. The third-order valence-corrected chi connectivity index (χ3v) is 5.77. The number of aromatic nitrogens is 1. The van der Waals surface area contributed by atoms with Gasteiger partial charge >= 0.3 is 0 Å². The molecule has 4 rings (SSSR count). The molecular formula is C18H19ClN2S. The summed E-state index contributed by atoms with van der Waals surface area (Å²) in [5, 5.41) is 4.88. The maximum absolute atomic E-state index is 6.07. The van der Waals surface area contributed by atoms with Crippen LogP contribution in [-0.2, 0) is 6.54 Å². The molecule has 4 heteroatoms. The van der Waals surface area contributed by atoms with Crippen molar-refractivity contribution >= 4 is 33.8 Å². The first-order chi connectivity index (χ1) is 10.8. The van der Waals surface area contributed by atoms with Gasteiger partial charge in [0.25, 0.3) is 0 Å². The summed E-state index contributed by atoms with van der Waals surface area (Å²) in [5.41, 5.74) is 2.85. The van der Waals surface area contributed by atoms with Crippen LogP contribution in [-0.4, -0.2) is 17.7 Å². The molecule has 3 heterocycles. The van der Waals surface area contributed by atoms with Gasteiger partial charge in [0.2, 0.25) is 0 Å². The molecule has 0 radical (unpaired) electrons. The van der Waals surface area contributed by atoms with E-state index < -0.39 is 0 Å². The molecular weight excluding hydrogens is 312 g/mol. The van der Waals surface area contributed by atoms with Gasteiger partial charge in [-0.15, -0.1) is 11.3 Å². The summed E-state index contributed by atoms with van der Waals surface area (Å²) in [5.74, 6) is 0.680. The minimum absolute atomic E-state index is 0.680. The Balaban J connectivity index is 1.74. The number of halogens is 1. The molecule has 0 spiro atoms. The van der Waals surface area contributed by atoms with Gasteiger partial charge in [-0.05, 0) is 55.6 Å². The van der Waals surface area contributed by atoms with E-state index in [0.29, 0.717) is 5.92 Å². The molecule has 0 bridgehead atoms. The molecule has 0 saturated carbocycles. The van der Waals surface area contributed by atoms with E-state index >= 15 is 0 Å². The first-order valence-corrected chi connectivity index (χ1v) is 9.03. The molecule has 1 N–H and O–H groups in total. The highest BCUT2D eigenvalue weighted by Crippen LogP contribution is 2.34. The standard InChI is InChI=1S/C18H19ClN2S/c19-18-6-5-14(22-18)11-21-12-16(13-7-9-20-10-8-13)15-3-1-2-4-17(15)21/h1-6,12-13,20H,7-11H2. The topological polar surface area (TPSA) is 17.0 Å². The van der Waals surface area contributed by atoms with Gasteiger partial charge in [0.1, 0.15) is 0 Å². The molecule has 3 aromatic rings. The zero-order chi connectivity index (χ0) is 14.9. The van der Waals surface area contributed by atoms with Crippen LogP contribution < -0.4 is 5.32 Å². The fourth-order valence-electron chi connectivity index (χ4n) is 3.47. The third kappa shape index (κ3) is 2.69. The molecule has 2 nitrogen and oxygen atoms in total. The summed E-state index contributed by atoms with van der Waals surface area (Å²) in [4.78, 5) is 1.31. The quantitative estimate of drug-likeness (QED) is 0.724. The predicted octanol–water partition coefficient (Wildman–Crippen LogP) is 4.87. The van der Waals surface area contributed by atoms with Crippen molar-refractivity contribution in [1.29, 1.82) is 0 Å². The Morgan fingerprint density at radius 1 is 1.14 bits per heavy atom. The number of fused-ring (bicyclic) bond motifs is 1. The van der Waals surface area contributed by atoms with Gasteiger partial charge in [0, 0.05) is 22.0 Å². The Morgan fingerprint density at radius 2 is 1.95 bits per heavy atom. The average Bonchev–Trinajstić information content (AvgIpc) is 3.13. The van der Waals surface area contributed by atoms with Gasteiger partial charge in [-0.2, -0.15) is 0 Å². The number of hydrogen-bond acceptors (Lipinski definition) is 2. The average molecular weight is 331 g/mol. The lowest BCUT2D eigenvalue weighted by Gasteiger charge is -2.22. The van der Waals surface area contributed by atoms with E-state index in [4.69, 9.17) is 11.6 Å². The van der Waals surface area contributed by atoms with E-state index in [1.807, 2.05) is 6.07 Å². The Bertz CT molecular complexity index is 783. The predicted molar refractivity (Wildman–Crippen MR) is 95.2 cm³/mol. The van der Waals surface area contributed by atoms with Crippen LogP contribution in [0.25, 0.3) is 10.9 Å². The lowest BCUT2D eigenvalue weighted by Crippen LogP contribution is -2.26. The third-order valence-electron chi connectivity index (χ3n) is 4.55. The summed E-state index contributed by atoms with van der Waals surface area (Å²) < 4.78 is 3.25. The second kappa shape index (κ2) is 6.07. The van der Waals surface area contributed by atoms with Crippen LogP contribution in [0.3, 0.4) is 0 Å². The second-order valence-electron chi connectivity index (χ2n) is 5.96. The monoisotopic (exact) mass is 330 g/mol. The summed E-state index contributed by atoms with van der Waals surface area (Å²) in [7, 11) is 0. The summed E-state index contributed by atoms with van der Waals surface area (Å²) in [6.07, 6.45) is 4.84. The van der Waals surface area contributed by atoms with Crippen molar-refractivity contribution in [1.82, 2.24) is 9.88 Å². The van der Waals surface area contributed by atoms with E-state index in [1.54, 1.807) is 11.3 Å². The molecule has 1 aliphatic rings. The molecule has 22 heavy (non-hydrogen) atoms. The van der Waals surface area contributed by atoms with Crippen LogP contribution in [0.5, 0.6) is 0 Å². The van der Waals surface area contributed by atoms with Crippen molar-refractivity contribution in [2.45, 2.75) is 25.3 Å². The zero-order valence-corrected chi connectivity index (χ0v) is 14.0. The molecule has 1 aliphatic heterocycles. The van der Waals surface area contributed by atoms with Crippen LogP contribution in [0.15, 0.2) is 42.6 Å². The largest absolute Gasteiger partial charge is 0.342 e. The summed E-state index contributed by atoms with van der Waals surface area (Å²) >= 11 is 7.74. The zero-order valence-electron chi connectivity index (χ0n) is 12.4. The first-order valence-electron chi connectivity index (χ1n) is 7.84. The Hall–Kier alpha value is -1.29. The van der Waals surface area contributed by atoms with Crippen LogP contribution in [0, 0.1) is 0 Å². The fourth-order valence-corrected chi connectivity index (χ4v) is 4.56. The molecule has 2 aromatic heterocycles. The van der Waals surface area contributed by atoms with Crippen LogP contribution in [0.2, 0.25) is 4.34 Å². The van der Waals surface area contributed by atoms with E-state index in [2.05, 4.69) is 46.4 Å². The Morgan fingerprint density at radius 3 is 2.73 bits per heavy atom. The van der Waals surface area contributed by atoms with Gasteiger partial charge in [-0.25, -0.2) is 0 Å². The van der Waals surface area contributed by atoms with Crippen LogP contribution in [0.1, 0.15) is 29.2 Å². The minimum Gasteiger partial charge on any atom is -0.342 e. The number of thiophene rings is 1. The van der Waals surface area contributed by atoms with Crippen molar-refractivity contribution in [3.8, 4) is 0 Å². The highest BCUT2D eigenvalue weighted by Gasteiger charge is 2.20. The van der Waals surface area contributed by atoms with E-state index in [1.165, 1.54) is 34.2 Å². The van der Waals surface area contributed by atoms with Crippen molar-refractivity contribution in [2.75, 3.05) is 13.1 Å². The highest BCUT2D eigenvalue weighted by molar-refractivity contribution is 7.16. The number of benzene rings is 1. The maximum Gasteiger partial charge on any atom is 0.0931 e. The molecule has 1 fully saturated rings. The van der Waals surface area contributed by atoms with Crippen molar-refractivity contribution in [2.24, 2.45) is 0 Å². The minimum atomic E-state index is 0.680. The molecule has 0 unspecified atom stereocenters. The maximum atomic E-state index is 6.07. The van der Waals surface area contributed by atoms with Crippen LogP contribution >= 0.6 is 22.9 Å². The van der Waals surface area contributed by atoms with Crippen molar-refractivity contribution < 1.29 is 0 Å². The smallest absolute Gasteiger partial charge is 0.0931 e. The summed E-state index contributed by atoms with van der Waals surface area (Å²) in [6.45, 7) is 3.16. The highest BCUT2D eigenvalue weighted by atomic mass is 35.5. The van der Waals surface area contributed by atoms with E-state index in [0.717, 1.165) is 24.0 Å². The summed E-state index contributed by atoms with van der Waals surface area (Å²) in [6, 6.07) is 12.9. The number of nitrogens with one attached hydrogen (secondary N) is 1.